The normalized spacial score (nSPS) is 32.5. The van der Waals surface area contributed by atoms with Crippen molar-refractivity contribution in [2.24, 2.45) is 17.8 Å². The first-order chi connectivity index (χ1) is 16.6. The van der Waals surface area contributed by atoms with Gasteiger partial charge < -0.3 is 14.9 Å². The molecule has 0 radical (unpaired) electrons. The number of halogens is 2. The topological polar surface area (TPSA) is 98.2 Å². The fraction of sp³-hybridized carbons (Fsp3) is 0.520. The van der Waals surface area contributed by atoms with Gasteiger partial charge in [-0.1, -0.05) is 17.7 Å². The van der Waals surface area contributed by atoms with Gasteiger partial charge in [0.2, 0.25) is 11.7 Å². The van der Waals surface area contributed by atoms with Crippen molar-refractivity contribution in [3.8, 4) is 0 Å². The van der Waals surface area contributed by atoms with Crippen molar-refractivity contribution in [1.82, 2.24) is 14.7 Å². The molecule has 1 aromatic rings. The summed E-state index contributed by atoms with van der Waals surface area (Å²) in [7, 11) is 0. The highest BCUT2D eigenvalue weighted by atomic mass is 35.5. The zero-order valence-corrected chi connectivity index (χ0v) is 19.9. The van der Waals surface area contributed by atoms with E-state index >= 15 is 0 Å². The number of rotatable bonds is 4. The van der Waals surface area contributed by atoms with E-state index in [4.69, 9.17) is 11.6 Å². The molecule has 0 aromatic heterocycles. The predicted molar refractivity (Wildman–Crippen MR) is 121 cm³/mol. The first kappa shape index (κ1) is 22.7. The molecule has 3 heterocycles. The Morgan fingerprint density at radius 2 is 2.00 bits per heavy atom. The summed E-state index contributed by atoms with van der Waals surface area (Å²) in [6.07, 6.45) is 1.76. The standard InChI is InChI=1S/C25H25ClFN3O5/c1-12(31)10-29-23(34)20-15-5-7-28(11-13-2-3-18(27)17(26)8-13)22(33)19(15)21(32)24(35)30(20)25(29)6-4-14-9-16(14)25/h2-3,8,12,14,16,19,31H,4-7,9-11H2,1H3/t12-,14-,16+,19?,25+/m0/s1. The summed E-state index contributed by atoms with van der Waals surface area (Å²) < 4.78 is 13.5. The zero-order valence-electron chi connectivity index (χ0n) is 19.2. The fourth-order valence-corrected chi connectivity index (χ4v) is 6.93. The first-order valence-corrected chi connectivity index (χ1v) is 12.4. The first-order valence-electron chi connectivity index (χ1n) is 12.0. The maximum Gasteiger partial charge on any atom is 0.297 e. The molecular weight excluding hydrogens is 477 g/mol. The second-order valence-electron chi connectivity index (χ2n) is 10.4. The Kier molecular flexibility index (Phi) is 4.93. The van der Waals surface area contributed by atoms with Crippen molar-refractivity contribution in [1.29, 1.82) is 0 Å². The minimum atomic E-state index is -1.33. The SMILES string of the molecule is C[C@H](O)CN1C(=O)C2=C3CCN(Cc4ccc(F)c(Cl)c4)C(=O)C3C(=O)C(=O)N2[C@@]12CC[C@H]1C[C@H]12. The summed E-state index contributed by atoms with van der Waals surface area (Å²) in [6, 6.07) is 4.16. The van der Waals surface area contributed by atoms with E-state index in [1.165, 1.54) is 28.0 Å². The van der Waals surface area contributed by atoms with Crippen LogP contribution in [0.3, 0.4) is 0 Å². The largest absolute Gasteiger partial charge is 0.392 e. The molecule has 10 heteroatoms. The van der Waals surface area contributed by atoms with Crippen molar-refractivity contribution in [3.63, 3.8) is 0 Å². The van der Waals surface area contributed by atoms with Gasteiger partial charge in [-0.15, -0.1) is 0 Å². The lowest BCUT2D eigenvalue weighted by Crippen LogP contribution is -2.61. The van der Waals surface area contributed by atoms with Gasteiger partial charge >= 0.3 is 0 Å². The third-order valence-corrected chi connectivity index (χ3v) is 8.56. The lowest BCUT2D eigenvalue weighted by molar-refractivity contribution is -0.158. The number of hydrogen-bond donors (Lipinski definition) is 1. The second-order valence-corrected chi connectivity index (χ2v) is 10.8. The molecule has 35 heavy (non-hydrogen) atoms. The van der Waals surface area contributed by atoms with Crippen molar-refractivity contribution in [2.75, 3.05) is 13.1 Å². The van der Waals surface area contributed by atoms with Gasteiger partial charge in [0.05, 0.1) is 11.1 Å². The van der Waals surface area contributed by atoms with Gasteiger partial charge in [0.25, 0.3) is 11.8 Å². The quantitative estimate of drug-likeness (QED) is 0.501. The van der Waals surface area contributed by atoms with Crippen molar-refractivity contribution in [2.45, 2.75) is 50.9 Å². The molecular formula is C25H25ClFN3O5. The number of benzene rings is 1. The highest BCUT2D eigenvalue weighted by Crippen LogP contribution is 2.64. The minimum Gasteiger partial charge on any atom is -0.392 e. The predicted octanol–water partition coefficient (Wildman–Crippen LogP) is 1.84. The number of aliphatic hydroxyl groups is 1. The number of β-amino-alcohol motifs (C(OH)–C–C–N with tert-alkyl or cyclic N) is 1. The van der Waals surface area contributed by atoms with E-state index in [1.54, 1.807) is 11.8 Å². The third kappa shape index (κ3) is 3.07. The number of likely N-dealkylation sites (tertiary alicyclic amines) is 1. The van der Waals surface area contributed by atoms with Crippen LogP contribution in [0.4, 0.5) is 4.39 Å². The number of fused-ring (bicyclic) bond motifs is 5. The fourth-order valence-electron chi connectivity index (χ4n) is 6.72. The molecule has 2 saturated carbocycles. The molecule has 5 aliphatic rings. The van der Waals surface area contributed by atoms with Crippen LogP contribution in [0.1, 0.15) is 38.2 Å². The summed E-state index contributed by atoms with van der Waals surface area (Å²) in [5.74, 6) is -3.97. The van der Waals surface area contributed by atoms with Crippen LogP contribution in [0.2, 0.25) is 5.02 Å². The van der Waals surface area contributed by atoms with Gasteiger partial charge in [0.1, 0.15) is 23.1 Å². The number of carbonyl (C=O) groups is 4. The van der Waals surface area contributed by atoms with E-state index in [0.717, 1.165) is 12.8 Å². The summed E-state index contributed by atoms with van der Waals surface area (Å²) in [4.78, 5) is 58.5. The van der Waals surface area contributed by atoms with Crippen LogP contribution in [0.5, 0.6) is 0 Å². The van der Waals surface area contributed by atoms with E-state index in [2.05, 4.69) is 0 Å². The Balaban J connectivity index is 1.39. The van der Waals surface area contributed by atoms with Gasteiger partial charge in [0.15, 0.2) is 0 Å². The van der Waals surface area contributed by atoms with Gasteiger partial charge in [-0.25, -0.2) is 4.39 Å². The van der Waals surface area contributed by atoms with Crippen LogP contribution < -0.4 is 0 Å². The average molecular weight is 502 g/mol. The molecule has 5 atom stereocenters. The average Bonchev–Trinajstić information content (AvgIpc) is 3.46. The molecule has 4 fully saturated rings. The zero-order chi connectivity index (χ0) is 24.8. The van der Waals surface area contributed by atoms with Gasteiger partial charge in [-0.05, 0) is 61.8 Å². The summed E-state index contributed by atoms with van der Waals surface area (Å²) in [6.45, 7) is 2.02. The van der Waals surface area contributed by atoms with Gasteiger partial charge in [-0.2, -0.15) is 0 Å². The van der Waals surface area contributed by atoms with Crippen LogP contribution in [-0.2, 0) is 25.7 Å². The van der Waals surface area contributed by atoms with E-state index in [0.29, 0.717) is 23.5 Å². The lowest BCUT2D eigenvalue weighted by atomic mass is 9.81. The van der Waals surface area contributed by atoms with Crippen LogP contribution in [0.15, 0.2) is 29.5 Å². The highest BCUT2D eigenvalue weighted by Gasteiger charge is 2.72. The molecule has 1 unspecified atom stereocenters. The number of carbonyl (C=O) groups excluding carboxylic acids is 4. The van der Waals surface area contributed by atoms with E-state index in [-0.39, 0.29) is 48.6 Å². The molecule has 8 nitrogen and oxygen atoms in total. The molecule has 6 rings (SSSR count). The lowest BCUT2D eigenvalue weighted by Gasteiger charge is -2.45. The number of aliphatic hydroxyl groups excluding tert-OH is 1. The molecule has 3 aliphatic heterocycles. The maximum atomic E-state index is 13.7. The van der Waals surface area contributed by atoms with Crippen LogP contribution in [0.25, 0.3) is 0 Å². The summed E-state index contributed by atoms with van der Waals surface area (Å²) in [5, 5.41) is 10.1. The molecule has 1 aromatic carbocycles. The van der Waals surface area contributed by atoms with E-state index in [1.807, 2.05) is 0 Å². The van der Waals surface area contributed by atoms with Crippen molar-refractivity contribution < 1.29 is 28.7 Å². The smallest absolute Gasteiger partial charge is 0.297 e. The Morgan fingerprint density at radius 3 is 2.63 bits per heavy atom. The van der Waals surface area contributed by atoms with Crippen molar-refractivity contribution >= 4 is 35.1 Å². The Bertz CT molecular complexity index is 1230. The van der Waals surface area contributed by atoms with E-state index < -0.39 is 41.1 Å². The number of ketones is 1. The molecule has 2 aliphatic carbocycles. The van der Waals surface area contributed by atoms with Gasteiger partial charge in [0, 0.05) is 25.6 Å². The summed E-state index contributed by atoms with van der Waals surface area (Å²) in [5.41, 5.74) is 0.228. The van der Waals surface area contributed by atoms with Crippen molar-refractivity contribution in [3.05, 3.63) is 45.9 Å². The number of amides is 3. The number of nitrogens with zero attached hydrogens (tertiary/aromatic N) is 3. The van der Waals surface area contributed by atoms with Crippen LogP contribution >= 0.6 is 11.6 Å². The highest BCUT2D eigenvalue weighted by molar-refractivity contribution is 6.44. The number of hydrogen-bond acceptors (Lipinski definition) is 5. The van der Waals surface area contributed by atoms with E-state index in [9.17, 15) is 28.7 Å². The maximum absolute atomic E-state index is 13.7. The molecule has 184 valence electrons. The third-order valence-electron chi connectivity index (χ3n) is 8.27. The Morgan fingerprint density at radius 1 is 1.23 bits per heavy atom. The summed E-state index contributed by atoms with van der Waals surface area (Å²) >= 11 is 5.87. The number of Topliss-reactive ketones (excluding diaryl/α,β-unsaturated/α-hetero) is 1. The van der Waals surface area contributed by atoms with Crippen LogP contribution in [0, 0.1) is 23.6 Å². The molecule has 3 amide bonds. The van der Waals surface area contributed by atoms with Crippen LogP contribution in [-0.4, -0.2) is 68.2 Å². The van der Waals surface area contributed by atoms with Gasteiger partial charge in [-0.3, -0.25) is 24.1 Å². The molecule has 1 spiro atoms. The minimum absolute atomic E-state index is 0.0624. The Hall–Kier alpha value is -2.78. The monoisotopic (exact) mass is 501 g/mol. The molecule has 2 saturated heterocycles. The number of piperidine rings is 1. The molecule has 1 N–H and O–H groups in total. The second kappa shape index (κ2) is 7.61. The molecule has 0 bridgehead atoms. The Labute approximate surface area is 206 Å².